The highest BCUT2D eigenvalue weighted by atomic mass is 79.9. The Morgan fingerprint density at radius 2 is 2.07 bits per heavy atom. The van der Waals surface area contributed by atoms with Gasteiger partial charge in [0.05, 0.1) is 5.60 Å². The van der Waals surface area contributed by atoms with Crippen LogP contribution in [0.3, 0.4) is 0 Å². The van der Waals surface area contributed by atoms with E-state index in [0.29, 0.717) is 6.54 Å². The van der Waals surface area contributed by atoms with Gasteiger partial charge in [0.15, 0.2) is 0 Å². The SMILES string of the molecule is CC(C)(C)ONCc1ccc(Br)cc1Cl. The van der Waals surface area contributed by atoms with Crippen molar-refractivity contribution in [3.63, 3.8) is 0 Å². The molecule has 0 aliphatic carbocycles. The summed E-state index contributed by atoms with van der Waals surface area (Å²) in [6, 6.07) is 5.79. The lowest BCUT2D eigenvalue weighted by Gasteiger charge is -2.19. The molecule has 0 aliphatic rings. The van der Waals surface area contributed by atoms with E-state index in [0.717, 1.165) is 15.1 Å². The second kappa shape index (κ2) is 5.30. The number of hydroxylamine groups is 1. The first kappa shape index (κ1) is 13.0. The van der Waals surface area contributed by atoms with E-state index >= 15 is 0 Å². The fourth-order valence-corrected chi connectivity index (χ4v) is 1.74. The van der Waals surface area contributed by atoms with Crippen molar-refractivity contribution >= 4 is 27.5 Å². The standard InChI is InChI=1S/C11H15BrClNO/c1-11(2,3)15-14-7-8-4-5-9(12)6-10(8)13/h4-6,14H,7H2,1-3H3. The van der Waals surface area contributed by atoms with Crippen molar-refractivity contribution in [3.8, 4) is 0 Å². The number of rotatable bonds is 3. The zero-order valence-corrected chi connectivity index (χ0v) is 11.4. The average Bonchev–Trinajstić information content (AvgIpc) is 2.07. The summed E-state index contributed by atoms with van der Waals surface area (Å²) < 4.78 is 0.980. The molecule has 0 saturated carbocycles. The quantitative estimate of drug-likeness (QED) is 0.853. The Balaban J connectivity index is 2.51. The van der Waals surface area contributed by atoms with E-state index in [2.05, 4.69) is 21.4 Å². The van der Waals surface area contributed by atoms with Gasteiger partial charge in [-0.25, -0.2) is 0 Å². The molecular weight excluding hydrogens is 277 g/mol. The highest BCUT2D eigenvalue weighted by Gasteiger charge is 2.10. The number of benzene rings is 1. The zero-order chi connectivity index (χ0) is 11.5. The summed E-state index contributed by atoms with van der Waals surface area (Å²) in [5.74, 6) is 0. The third-order valence-corrected chi connectivity index (χ3v) is 2.50. The van der Waals surface area contributed by atoms with Crippen LogP contribution in [0.4, 0.5) is 0 Å². The van der Waals surface area contributed by atoms with Crippen LogP contribution in [-0.4, -0.2) is 5.60 Å². The number of nitrogens with one attached hydrogen (secondary N) is 1. The maximum absolute atomic E-state index is 6.05. The molecule has 0 bridgehead atoms. The molecule has 0 spiro atoms. The molecule has 0 heterocycles. The monoisotopic (exact) mass is 291 g/mol. The van der Waals surface area contributed by atoms with Gasteiger partial charge in [0.25, 0.3) is 0 Å². The highest BCUT2D eigenvalue weighted by molar-refractivity contribution is 9.10. The molecule has 0 aliphatic heterocycles. The van der Waals surface area contributed by atoms with Gasteiger partial charge in [-0.1, -0.05) is 33.6 Å². The predicted octanol–water partition coefficient (Wildman–Crippen LogP) is 3.92. The van der Waals surface area contributed by atoms with Crippen LogP contribution in [0.15, 0.2) is 22.7 Å². The largest absolute Gasteiger partial charge is 0.296 e. The molecule has 0 amide bonds. The number of hydrogen-bond acceptors (Lipinski definition) is 2. The van der Waals surface area contributed by atoms with Gasteiger partial charge in [-0.2, -0.15) is 5.48 Å². The van der Waals surface area contributed by atoms with Crippen molar-refractivity contribution in [2.24, 2.45) is 0 Å². The van der Waals surface area contributed by atoms with E-state index in [9.17, 15) is 0 Å². The Hall–Kier alpha value is -0.0900. The molecule has 84 valence electrons. The van der Waals surface area contributed by atoms with Crippen LogP contribution >= 0.6 is 27.5 Å². The molecule has 2 nitrogen and oxygen atoms in total. The molecule has 0 fully saturated rings. The van der Waals surface area contributed by atoms with Gasteiger partial charge in [-0.05, 0) is 38.5 Å². The van der Waals surface area contributed by atoms with Crippen molar-refractivity contribution in [2.45, 2.75) is 32.9 Å². The first-order chi connectivity index (χ1) is 6.88. The van der Waals surface area contributed by atoms with Crippen LogP contribution < -0.4 is 5.48 Å². The molecule has 0 atom stereocenters. The maximum Gasteiger partial charge on any atom is 0.0813 e. The van der Waals surface area contributed by atoms with E-state index in [-0.39, 0.29) is 5.60 Å². The molecule has 15 heavy (non-hydrogen) atoms. The normalized spacial score (nSPS) is 11.8. The van der Waals surface area contributed by atoms with E-state index in [1.54, 1.807) is 0 Å². The van der Waals surface area contributed by atoms with Crippen molar-refractivity contribution < 1.29 is 4.84 Å². The summed E-state index contributed by atoms with van der Waals surface area (Å²) >= 11 is 9.41. The lowest BCUT2D eigenvalue weighted by Crippen LogP contribution is -2.28. The molecule has 1 aromatic rings. The zero-order valence-electron chi connectivity index (χ0n) is 9.10. The Bertz CT molecular complexity index is 336. The fourth-order valence-electron chi connectivity index (χ4n) is 0.995. The van der Waals surface area contributed by atoms with Crippen LogP contribution in [0.5, 0.6) is 0 Å². The van der Waals surface area contributed by atoms with Gasteiger partial charge < -0.3 is 0 Å². The van der Waals surface area contributed by atoms with Crippen LogP contribution in [0.1, 0.15) is 26.3 Å². The van der Waals surface area contributed by atoms with Crippen LogP contribution in [0, 0.1) is 0 Å². The molecule has 1 aromatic carbocycles. The Labute approximate surface area is 104 Å². The molecule has 1 N–H and O–H groups in total. The van der Waals surface area contributed by atoms with Gasteiger partial charge >= 0.3 is 0 Å². The second-order valence-corrected chi connectivity index (χ2v) is 5.59. The summed E-state index contributed by atoms with van der Waals surface area (Å²) in [5.41, 5.74) is 3.73. The van der Waals surface area contributed by atoms with E-state index in [1.807, 2.05) is 39.0 Å². The summed E-state index contributed by atoms with van der Waals surface area (Å²) in [6.45, 7) is 6.57. The summed E-state index contributed by atoms with van der Waals surface area (Å²) in [7, 11) is 0. The maximum atomic E-state index is 6.05. The predicted molar refractivity (Wildman–Crippen MR) is 66.8 cm³/mol. The summed E-state index contributed by atoms with van der Waals surface area (Å²) in [6.07, 6.45) is 0. The van der Waals surface area contributed by atoms with Gasteiger partial charge in [-0.15, -0.1) is 0 Å². The van der Waals surface area contributed by atoms with Crippen molar-refractivity contribution in [1.29, 1.82) is 0 Å². The van der Waals surface area contributed by atoms with Gasteiger partial charge in [0.1, 0.15) is 0 Å². The smallest absolute Gasteiger partial charge is 0.0813 e. The van der Waals surface area contributed by atoms with Crippen molar-refractivity contribution in [1.82, 2.24) is 5.48 Å². The molecular formula is C11H15BrClNO. The minimum atomic E-state index is -0.193. The molecule has 0 aromatic heterocycles. The van der Waals surface area contributed by atoms with Crippen molar-refractivity contribution in [3.05, 3.63) is 33.3 Å². The van der Waals surface area contributed by atoms with E-state index in [1.165, 1.54) is 0 Å². The lowest BCUT2D eigenvalue weighted by atomic mass is 10.2. The number of halogens is 2. The third-order valence-electron chi connectivity index (χ3n) is 1.66. The van der Waals surface area contributed by atoms with Gasteiger partial charge in [0.2, 0.25) is 0 Å². The third kappa shape index (κ3) is 4.98. The first-order valence-electron chi connectivity index (χ1n) is 4.73. The van der Waals surface area contributed by atoms with Crippen LogP contribution in [0.2, 0.25) is 5.02 Å². The van der Waals surface area contributed by atoms with E-state index < -0.39 is 0 Å². The van der Waals surface area contributed by atoms with Gasteiger partial charge in [0, 0.05) is 16.0 Å². The van der Waals surface area contributed by atoms with Crippen LogP contribution in [-0.2, 0) is 11.4 Å². The molecule has 0 unspecified atom stereocenters. The Kier molecular flexibility index (Phi) is 4.59. The Morgan fingerprint density at radius 3 is 2.60 bits per heavy atom. The highest BCUT2D eigenvalue weighted by Crippen LogP contribution is 2.21. The molecule has 1 rings (SSSR count). The Morgan fingerprint density at radius 1 is 1.40 bits per heavy atom. The molecule has 4 heteroatoms. The fraction of sp³-hybridized carbons (Fsp3) is 0.455. The van der Waals surface area contributed by atoms with Gasteiger partial charge in [-0.3, -0.25) is 4.84 Å². The molecule has 0 radical (unpaired) electrons. The lowest BCUT2D eigenvalue weighted by molar-refractivity contribution is -0.0757. The molecule has 0 saturated heterocycles. The second-order valence-electron chi connectivity index (χ2n) is 4.27. The van der Waals surface area contributed by atoms with Crippen molar-refractivity contribution in [2.75, 3.05) is 0 Å². The van der Waals surface area contributed by atoms with E-state index in [4.69, 9.17) is 16.4 Å². The van der Waals surface area contributed by atoms with Crippen LogP contribution in [0.25, 0.3) is 0 Å². The minimum Gasteiger partial charge on any atom is -0.296 e. The first-order valence-corrected chi connectivity index (χ1v) is 5.90. The summed E-state index contributed by atoms with van der Waals surface area (Å²) in [4.78, 5) is 5.40. The number of hydrogen-bond donors (Lipinski definition) is 1. The summed E-state index contributed by atoms with van der Waals surface area (Å²) in [5, 5.41) is 0.731. The average molecular weight is 293 g/mol. The topological polar surface area (TPSA) is 21.3 Å². The minimum absolute atomic E-state index is 0.193.